The maximum atomic E-state index is 13.0. The van der Waals surface area contributed by atoms with E-state index in [0.717, 1.165) is 41.5 Å². The molecule has 0 radical (unpaired) electrons. The second-order valence-corrected chi connectivity index (χ2v) is 7.79. The molecule has 0 spiro atoms. The number of hydrogen-bond acceptors (Lipinski definition) is 2. The van der Waals surface area contributed by atoms with E-state index < -0.39 is 10.0 Å². The van der Waals surface area contributed by atoms with E-state index in [9.17, 15) is 8.42 Å². The van der Waals surface area contributed by atoms with E-state index in [1.807, 2.05) is 27.7 Å². The summed E-state index contributed by atoms with van der Waals surface area (Å²) in [5.41, 5.74) is 5.23. The minimum Gasteiger partial charge on any atom is -0.207 e. The Bertz CT molecular complexity index is 597. The van der Waals surface area contributed by atoms with Gasteiger partial charge in [0.15, 0.2) is 0 Å². The third-order valence-corrected chi connectivity index (χ3v) is 7.02. The summed E-state index contributed by atoms with van der Waals surface area (Å²) >= 11 is 0. The van der Waals surface area contributed by atoms with E-state index in [2.05, 4.69) is 6.92 Å². The predicted molar refractivity (Wildman–Crippen MR) is 82.7 cm³/mol. The van der Waals surface area contributed by atoms with Crippen molar-refractivity contribution in [2.45, 2.75) is 58.8 Å². The summed E-state index contributed by atoms with van der Waals surface area (Å²) in [6.07, 6.45) is 3.08. The zero-order valence-corrected chi connectivity index (χ0v) is 14.0. The lowest BCUT2D eigenvalue weighted by Crippen LogP contribution is -2.36. The Labute approximate surface area is 123 Å². The first kappa shape index (κ1) is 15.5. The standard InChI is InChI=1S/C16H25NO2S/c1-11-12(2)14(4)16(15(5)13(11)3)20(18,19)17-9-7-6-8-10-17/h6-10H2,1-5H3. The van der Waals surface area contributed by atoms with Gasteiger partial charge in [-0.15, -0.1) is 0 Å². The third kappa shape index (κ3) is 2.40. The van der Waals surface area contributed by atoms with Crippen molar-refractivity contribution in [1.29, 1.82) is 0 Å². The quantitative estimate of drug-likeness (QED) is 0.838. The summed E-state index contributed by atoms with van der Waals surface area (Å²) in [7, 11) is -3.35. The summed E-state index contributed by atoms with van der Waals surface area (Å²) in [5, 5.41) is 0. The van der Waals surface area contributed by atoms with Gasteiger partial charge in [0.1, 0.15) is 0 Å². The molecule has 112 valence electrons. The molecule has 4 heteroatoms. The summed E-state index contributed by atoms with van der Waals surface area (Å²) < 4.78 is 27.6. The highest BCUT2D eigenvalue weighted by Crippen LogP contribution is 2.32. The molecule has 1 aliphatic rings. The Kier molecular flexibility index (Phi) is 4.26. The van der Waals surface area contributed by atoms with Gasteiger partial charge in [0.05, 0.1) is 4.90 Å². The maximum Gasteiger partial charge on any atom is 0.243 e. The maximum absolute atomic E-state index is 13.0. The lowest BCUT2D eigenvalue weighted by Gasteiger charge is -2.28. The summed E-state index contributed by atoms with van der Waals surface area (Å²) in [4.78, 5) is 0.542. The highest BCUT2D eigenvalue weighted by atomic mass is 32.2. The Hall–Kier alpha value is -0.870. The molecular weight excluding hydrogens is 270 g/mol. The molecule has 0 N–H and O–H groups in total. The van der Waals surface area contributed by atoms with E-state index in [1.54, 1.807) is 4.31 Å². The van der Waals surface area contributed by atoms with E-state index >= 15 is 0 Å². The van der Waals surface area contributed by atoms with Crippen LogP contribution < -0.4 is 0 Å². The molecule has 1 aliphatic heterocycles. The van der Waals surface area contributed by atoms with Crippen molar-refractivity contribution in [2.24, 2.45) is 0 Å². The zero-order valence-electron chi connectivity index (χ0n) is 13.2. The Morgan fingerprint density at radius 1 is 0.700 bits per heavy atom. The van der Waals surface area contributed by atoms with Crippen LogP contribution in [0.2, 0.25) is 0 Å². The fourth-order valence-corrected chi connectivity index (χ4v) is 5.16. The minimum absolute atomic E-state index is 0.542. The molecule has 0 aliphatic carbocycles. The monoisotopic (exact) mass is 295 g/mol. The molecule has 3 nitrogen and oxygen atoms in total. The van der Waals surface area contributed by atoms with Gasteiger partial charge in [-0.2, -0.15) is 4.31 Å². The van der Waals surface area contributed by atoms with Gasteiger partial charge in [-0.05, 0) is 75.3 Å². The van der Waals surface area contributed by atoms with Crippen LogP contribution in [0, 0.1) is 34.6 Å². The number of hydrogen-bond donors (Lipinski definition) is 0. The first-order chi connectivity index (χ1) is 9.28. The van der Waals surface area contributed by atoms with Gasteiger partial charge in [-0.3, -0.25) is 0 Å². The van der Waals surface area contributed by atoms with Crippen LogP contribution in [0.15, 0.2) is 4.90 Å². The number of sulfonamides is 1. The molecule has 0 amide bonds. The van der Waals surface area contributed by atoms with Crippen LogP contribution in [-0.2, 0) is 10.0 Å². The molecule has 1 saturated heterocycles. The van der Waals surface area contributed by atoms with Gasteiger partial charge in [0.2, 0.25) is 10.0 Å². The fourth-order valence-electron chi connectivity index (χ4n) is 3.09. The van der Waals surface area contributed by atoms with Crippen molar-refractivity contribution in [3.63, 3.8) is 0 Å². The van der Waals surface area contributed by atoms with Crippen molar-refractivity contribution < 1.29 is 8.42 Å². The average Bonchev–Trinajstić information content (AvgIpc) is 2.44. The first-order valence-corrected chi connectivity index (χ1v) is 8.79. The zero-order chi connectivity index (χ0) is 15.1. The van der Waals surface area contributed by atoms with Crippen LogP contribution in [0.4, 0.5) is 0 Å². The Balaban J connectivity index is 2.63. The van der Waals surface area contributed by atoms with Gasteiger partial charge < -0.3 is 0 Å². The smallest absolute Gasteiger partial charge is 0.207 e. The molecule has 0 saturated carbocycles. The topological polar surface area (TPSA) is 37.4 Å². The third-order valence-electron chi connectivity index (χ3n) is 4.84. The van der Waals surface area contributed by atoms with Gasteiger partial charge in [0, 0.05) is 13.1 Å². The van der Waals surface area contributed by atoms with Gasteiger partial charge in [0.25, 0.3) is 0 Å². The molecule has 1 heterocycles. The Morgan fingerprint density at radius 3 is 1.55 bits per heavy atom. The van der Waals surface area contributed by atoms with Crippen molar-refractivity contribution >= 4 is 10.0 Å². The van der Waals surface area contributed by atoms with E-state index in [0.29, 0.717) is 18.0 Å². The first-order valence-electron chi connectivity index (χ1n) is 7.35. The number of rotatable bonds is 2. The van der Waals surface area contributed by atoms with Gasteiger partial charge in [-0.1, -0.05) is 6.42 Å². The molecule has 0 bridgehead atoms. The van der Waals surface area contributed by atoms with E-state index in [-0.39, 0.29) is 0 Å². The predicted octanol–water partition coefficient (Wildman–Crippen LogP) is 3.40. The normalized spacial score (nSPS) is 17.4. The molecule has 1 aromatic carbocycles. The number of piperidine rings is 1. The number of nitrogens with zero attached hydrogens (tertiary/aromatic N) is 1. The highest BCUT2D eigenvalue weighted by Gasteiger charge is 2.30. The second-order valence-electron chi connectivity index (χ2n) is 5.92. The average molecular weight is 295 g/mol. The van der Waals surface area contributed by atoms with Crippen molar-refractivity contribution in [2.75, 3.05) is 13.1 Å². The molecular formula is C16H25NO2S. The van der Waals surface area contributed by atoms with Crippen LogP contribution in [0.1, 0.15) is 47.1 Å². The molecule has 0 unspecified atom stereocenters. The highest BCUT2D eigenvalue weighted by molar-refractivity contribution is 7.89. The lowest BCUT2D eigenvalue weighted by molar-refractivity contribution is 0.346. The minimum atomic E-state index is -3.35. The van der Waals surface area contributed by atoms with E-state index in [1.165, 1.54) is 5.56 Å². The number of benzene rings is 1. The lowest BCUT2D eigenvalue weighted by atomic mass is 9.95. The summed E-state index contributed by atoms with van der Waals surface area (Å²) in [6.45, 7) is 11.3. The fraction of sp³-hybridized carbons (Fsp3) is 0.625. The molecule has 2 rings (SSSR count). The van der Waals surface area contributed by atoms with Crippen molar-refractivity contribution in [3.05, 3.63) is 27.8 Å². The molecule has 0 atom stereocenters. The second kappa shape index (κ2) is 5.49. The van der Waals surface area contributed by atoms with Crippen LogP contribution in [-0.4, -0.2) is 25.8 Å². The molecule has 20 heavy (non-hydrogen) atoms. The van der Waals surface area contributed by atoms with E-state index in [4.69, 9.17) is 0 Å². The van der Waals surface area contributed by atoms with Gasteiger partial charge in [-0.25, -0.2) is 8.42 Å². The van der Waals surface area contributed by atoms with Crippen LogP contribution in [0.3, 0.4) is 0 Å². The SMILES string of the molecule is Cc1c(C)c(C)c(S(=O)(=O)N2CCCCC2)c(C)c1C. The van der Waals surface area contributed by atoms with Gasteiger partial charge >= 0.3 is 0 Å². The summed E-state index contributed by atoms with van der Waals surface area (Å²) in [5.74, 6) is 0. The molecule has 1 fully saturated rings. The largest absolute Gasteiger partial charge is 0.243 e. The van der Waals surface area contributed by atoms with Crippen molar-refractivity contribution in [1.82, 2.24) is 4.31 Å². The Morgan fingerprint density at radius 2 is 1.10 bits per heavy atom. The van der Waals surface area contributed by atoms with Crippen LogP contribution in [0.5, 0.6) is 0 Å². The van der Waals surface area contributed by atoms with Crippen LogP contribution in [0.25, 0.3) is 0 Å². The van der Waals surface area contributed by atoms with Crippen molar-refractivity contribution in [3.8, 4) is 0 Å². The summed E-state index contributed by atoms with van der Waals surface area (Å²) in [6, 6.07) is 0. The molecule has 1 aromatic rings. The molecule has 0 aromatic heterocycles. The van der Waals surface area contributed by atoms with Crippen LogP contribution >= 0.6 is 0 Å².